The van der Waals surface area contributed by atoms with Gasteiger partial charge in [0.1, 0.15) is 0 Å². The summed E-state index contributed by atoms with van der Waals surface area (Å²) < 4.78 is 0. The van der Waals surface area contributed by atoms with Gasteiger partial charge in [-0.25, -0.2) is 0 Å². The monoisotopic (exact) mass is 288 g/mol. The average molecular weight is 288 g/mol. The quantitative estimate of drug-likeness (QED) is 0.925. The highest BCUT2D eigenvalue weighted by Crippen LogP contribution is 2.31. The Morgan fingerprint density at radius 3 is 2.71 bits per heavy atom. The largest absolute Gasteiger partial charge is 0.481 e. The molecule has 1 aromatic rings. The molecule has 0 aromatic heterocycles. The molecular weight excluding hydrogens is 264 g/mol. The highest BCUT2D eigenvalue weighted by Gasteiger charge is 2.36. The standard InChI is InChI=1S/C17H24N2O2/c1-12(2)18-8-7-14(10-18)19-9-13-5-3-4-6-15(13)16(11-19)17(20)21/h3-6,12,14,16H,7-11H2,1-2H3,(H,20,21). The third kappa shape index (κ3) is 2.83. The molecule has 1 saturated heterocycles. The lowest BCUT2D eigenvalue weighted by atomic mass is 9.89. The van der Waals surface area contributed by atoms with Crippen molar-refractivity contribution in [1.29, 1.82) is 0 Å². The number of aliphatic carboxylic acids is 1. The fraction of sp³-hybridized carbons (Fsp3) is 0.588. The van der Waals surface area contributed by atoms with Crippen LogP contribution in [0.3, 0.4) is 0 Å². The van der Waals surface area contributed by atoms with E-state index in [0.29, 0.717) is 18.6 Å². The van der Waals surface area contributed by atoms with Crippen molar-refractivity contribution in [2.24, 2.45) is 0 Å². The van der Waals surface area contributed by atoms with Gasteiger partial charge in [-0.05, 0) is 31.4 Å². The topological polar surface area (TPSA) is 43.8 Å². The van der Waals surface area contributed by atoms with Crippen molar-refractivity contribution in [3.05, 3.63) is 35.4 Å². The van der Waals surface area contributed by atoms with E-state index in [1.54, 1.807) is 0 Å². The molecule has 0 bridgehead atoms. The van der Waals surface area contributed by atoms with Crippen molar-refractivity contribution in [2.75, 3.05) is 19.6 Å². The van der Waals surface area contributed by atoms with Crippen LogP contribution in [0.2, 0.25) is 0 Å². The Morgan fingerprint density at radius 2 is 2.05 bits per heavy atom. The first-order chi connectivity index (χ1) is 10.1. The Hall–Kier alpha value is -1.39. The zero-order valence-corrected chi connectivity index (χ0v) is 12.8. The highest BCUT2D eigenvalue weighted by atomic mass is 16.4. The molecule has 0 radical (unpaired) electrons. The van der Waals surface area contributed by atoms with Crippen molar-refractivity contribution < 1.29 is 9.90 Å². The predicted molar refractivity (Wildman–Crippen MR) is 82.3 cm³/mol. The summed E-state index contributed by atoms with van der Waals surface area (Å²) >= 11 is 0. The van der Waals surface area contributed by atoms with Gasteiger partial charge in [-0.1, -0.05) is 24.3 Å². The van der Waals surface area contributed by atoms with Crippen molar-refractivity contribution in [2.45, 2.75) is 44.8 Å². The molecule has 1 fully saturated rings. The van der Waals surface area contributed by atoms with Crippen LogP contribution in [0.1, 0.15) is 37.3 Å². The molecular formula is C17H24N2O2. The normalized spacial score (nSPS) is 27.0. The first-order valence-electron chi connectivity index (χ1n) is 7.85. The Bertz CT molecular complexity index is 529. The average Bonchev–Trinajstić information content (AvgIpc) is 2.96. The minimum absolute atomic E-state index is 0.386. The van der Waals surface area contributed by atoms with E-state index in [1.165, 1.54) is 5.56 Å². The summed E-state index contributed by atoms with van der Waals surface area (Å²) in [5.41, 5.74) is 2.18. The Labute approximate surface area is 126 Å². The predicted octanol–water partition coefficient (Wildman–Crippen LogP) is 2.15. The molecule has 1 aromatic carbocycles. The fourth-order valence-corrected chi connectivity index (χ4v) is 3.66. The molecule has 0 aliphatic carbocycles. The van der Waals surface area contributed by atoms with E-state index in [-0.39, 0.29) is 5.92 Å². The number of fused-ring (bicyclic) bond motifs is 1. The minimum Gasteiger partial charge on any atom is -0.481 e. The number of hydrogen-bond donors (Lipinski definition) is 1. The lowest BCUT2D eigenvalue weighted by Gasteiger charge is -2.37. The molecule has 1 N–H and O–H groups in total. The van der Waals surface area contributed by atoms with Crippen LogP contribution in [0.15, 0.2) is 24.3 Å². The van der Waals surface area contributed by atoms with Crippen molar-refractivity contribution in [3.63, 3.8) is 0 Å². The number of carboxylic acids is 1. The van der Waals surface area contributed by atoms with Crippen molar-refractivity contribution in [1.82, 2.24) is 9.80 Å². The zero-order chi connectivity index (χ0) is 15.0. The number of likely N-dealkylation sites (tertiary alicyclic amines) is 1. The van der Waals surface area contributed by atoms with Gasteiger partial charge >= 0.3 is 5.97 Å². The van der Waals surface area contributed by atoms with Crippen LogP contribution in [0.4, 0.5) is 0 Å². The van der Waals surface area contributed by atoms with Crippen molar-refractivity contribution in [3.8, 4) is 0 Å². The number of carbonyl (C=O) groups is 1. The van der Waals surface area contributed by atoms with Gasteiger partial charge in [0, 0.05) is 38.3 Å². The maximum absolute atomic E-state index is 11.6. The van der Waals surface area contributed by atoms with Crippen LogP contribution >= 0.6 is 0 Å². The summed E-state index contributed by atoms with van der Waals surface area (Å²) in [4.78, 5) is 16.5. The molecule has 4 nitrogen and oxygen atoms in total. The zero-order valence-electron chi connectivity index (χ0n) is 12.8. The highest BCUT2D eigenvalue weighted by molar-refractivity contribution is 5.77. The molecule has 0 saturated carbocycles. The van der Waals surface area contributed by atoms with Crippen molar-refractivity contribution >= 4 is 5.97 Å². The summed E-state index contributed by atoms with van der Waals surface area (Å²) in [6.07, 6.45) is 1.15. The Balaban J connectivity index is 1.79. The number of carboxylic acid groups (broad SMARTS) is 1. The fourth-order valence-electron chi connectivity index (χ4n) is 3.66. The SMILES string of the molecule is CC(C)N1CCC(N2Cc3ccccc3C(C(=O)O)C2)C1. The van der Waals surface area contributed by atoms with Crippen LogP contribution in [0.25, 0.3) is 0 Å². The third-order valence-corrected chi connectivity index (χ3v) is 4.96. The number of rotatable bonds is 3. The van der Waals surface area contributed by atoms with Crippen LogP contribution in [0, 0.1) is 0 Å². The summed E-state index contributed by atoms with van der Waals surface area (Å²) in [6.45, 7) is 8.17. The molecule has 2 aliphatic rings. The molecule has 2 atom stereocenters. The molecule has 0 amide bonds. The first kappa shape index (κ1) is 14.5. The van der Waals surface area contributed by atoms with Crippen LogP contribution in [-0.4, -0.2) is 52.6 Å². The Morgan fingerprint density at radius 1 is 1.29 bits per heavy atom. The van der Waals surface area contributed by atoms with Gasteiger partial charge in [0.05, 0.1) is 5.92 Å². The summed E-state index contributed by atoms with van der Waals surface area (Å²) in [5.74, 6) is -1.09. The third-order valence-electron chi connectivity index (χ3n) is 4.96. The number of hydrogen-bond acceptors (Lipinski definition) is 3. The molecule has 2 unspecified atom stereocenters. The van der Waals surface area contributed by atoms with Crippen LogP contribution in [-0.2, 0) is 11.3 Å². The second-order valence-electron chi connectivity index (χ2n) is 6.55. The van der Waals surface area contributed by atoms with E-state index in [1.807, 2.05) is 18.2 Å². The molecule has 0 spiro atoms. The van der Waals surface area contributed by atoms with E-state index >= 15 is 0 Å². The smallest absolute Gasteiger partial charge is 0.312 e. The van der Waals surface area contributed by atoms with E-state index < -0.39 is 5.97 Å². The van der Waals surface area contributed by atoms with Gasteiger partial charge < -0.3 is 5.11 Å². The molecule has 2 heterocycles. The van der Waals surface area contributed by atoms with Crippen LogP contribution in [0.5, 0.6) is 0 Å². The van der Waals surface area contributed by atoms with Gasteiger partial charge in [-0.2, -0.15) is 0 Å². The van der Waals surface area contributed by atoms with E-state index in [0.717, 1.165) is 31.6 Å². The van der Waals surface area contributed by atoms with E-state index in [2.05, 4.69) is 29.7 Å². The summed E-state index contributed by atoms with van der Waals surface area (Å²) in [6, 6.07) is 9.06. The first-order valence-corrected chi connectivity index (χ1v) is 7.85. The Kier molecular flexibility index (Phi) is 4.00. The number of nitrogens with zero attached hydrogens (tertiary/aromatic N) is 2. The maximum Gasteiger partial charge on any atom is 0.312 e. The van der Waals surface area contributed by atoms with Gasteiger partial charge in [-0.3, -0.25) is 14.6 Å². The lowest BCUT2D eigenvalue weighted by Crippen LogP contribution is -2.44. The molecule has 114 valence electrons. The minimum atomic E-state index is -0.703. The summed E-state index contributed by atoms with van der Waals surface area (Å²) in [5, 5.41) is 9.55. The molecule has 21 heavy (non-hydrogen) atoms. The summed E-state index contributed by atoms with van der Waals surface area (Å²) in [7, 11) is 0. The molecule has 4 heteroatoms. The second-order valence-corrected chi connectivity index (χ2v) is 6.55. The van der Waals surface area contributed by atoms with E-state index in [9.17, 15) is 9.90 Å². The molecule has 3 rings (SSSR count). The van der Waals surface area contributed by atoms with Gasteiger partial charge in [0.2, 0.25) is 0 Å². The number of benzene rings is 1. The van der Waals surface area contributed by atoms with Gasteiger partial charge in [-0.15, -0.1) is 0 Å². The second kappa shape index (κ2) is 5.78. The lowest BCUT2D eigenvalue weighted by molar-refractivity contribution is -0.139. The molecule has 2 aliphatic heterocycles. The van der Waals surface area contributed by atoms with E-state index in [4.69, 9.17) is 0 Å². The maximum atomic E-state index is 11.6. The van der Waals surface area contributed by atoms with Gasteiger partial charge in [0.25, 0.3) is 0 Å². The van der Waals surface area contributed by atoms with Crippen LogP contribution < -0.4 is 0 Å². The van der Waals surface area contributed by atoms with Gasteiger partial charge in [0.15, 0.2) is 0 Å².